The van der Waals surface area contributed by atoms with Gasteiger partial charge >= 0.3 is 5.97 Å². The number of nitrogens with zero attached hydrogens (tertiary/aromatic N) is 2. The van der Waals surface area contributed by atoms with E-state index >= 15 is 0 Å². The van der Waals surface area contributed by atoms with Crippen molar-refractivity contribution in [3.8, 4) is 0 Å². The highest BCUT2D eigenvalue weighted by atomic mass is 79.9. The molecule has 0 atom stereocenters. The number of allylic oxidation sites excluding steroid dienone is 2. The Morgan fingerprint density at radius 3 is 2.62 bits per heavy atom. The number of hydrogen-bond acceptors (Lipinski definition) is 3. The van der Waals surface area contributed by atoms with Crippen LogP contribution in [-0.2, 0) is 6.54 Å². The molecule has 0 saturated carbocycles. The lowest BCUT2D eigenvalue weighted by atomic mass is 10.3. The Morgan fingerprint density at radius 1 is 1.56 bits per heavy atom. The van der Waals surface area contributed by atoms with Gasteiger partial charge in [0.2, 0.25) is 0 Å². The van der Waals surface area contributed by atoms with Gasteiger partial charge in [0.05, 0.1) is 0 Å². The Bertz CT molecular complexity index is 459. The van der Waals surface area contributed by atoms with Crippen molar-refractivity contribution in [1.29, 1.82) is 0 Å². The van der Waals surface area contributed by atoms with Gasteiger partial charge in [0.15, 0.2) is 16.7 Å². The highest BCUT2D eigenvalue weighted by Crippen LogP contribution is 2.16. The fourth-order valence-corrected chi connectivity index (χ4v) is 1.70. The summed E-state index contributed by atoms with van der Waals surface area (Å²) in [5.74, 6) is -1.16. The van der Waals surface area contributed by atoms with Gasteiger partial charge in [-0.25, -0.2) is 9.78 Å². The number of imidazole rings is 1. The van der Waals surface area contributed by atoms with E-state index in [-0.39, 0.29) is 11.4 Å². The fourth-order valence-electron chi connectivity index (χ4n) is 1.19. The van der Waals surface area contributed by atoms with Crippen LogP contribution in [0.5, 0.6) is 0 Å². The van der Waals surface area contributed by atoms with Crippen LogP contribution in [0.15, 0.2) is 16.4 Å². The number of hydrogen-bond donors (Lipinski definition) is 1. The smallest absolute Gasteiger partial charge is 0.354 e. The monoisotopic (exact) mass is 286 g/mol. The number of carbonyl (C=O) groups excluding carboxylic acids is 1. The lowest BCUT2D eigenvalue weighted by Crippen LogP contribution is -2.10. The summed E-state index contributed by atoms with van der Waals surface area (Å²) in [5, 5.41) is 8.99. The summed E-state index contributed by atoms with van der Waals surface area (Å²) in [7, 11) is 0. The largest absolute Gasteiger partial charge is 0.477 e. The molecular weight excluding hydrogens is 276 g/mol. The van der Waals surface area contributed by atoms with E-state index in [1.165, 1.54) is 4.57 Å². The van der Waals surface area contributed by atoms with Crippen molar-refractivity contribution < 1.29 is 14.7 Å². The van der Waals surface area contributed by atoms with E-state index in [4.69, 9.17) is 5.11 Å². The zero-order valence-corrected chi connectivity index (χ0v) is 10.5. The highest BCUT2D eigenvalue weighted by molar-refractivity contribution is 9.10. The van der Waals surface area contributed by atoms with Crippen LogP contribution >= 0.6 is 15.9 Å². The molecule has 0 spiro atoms. The molecule has 0 fully saturated rings. The maximum absolute atomic E-state index is 11.0. The van der Waals surface area contributed by atoms with E-state index in [1.807, 2.05) is 19.9 Å². The number of aromatic carboxylic acids is 1. The molecule has 1 aromatic rings. The number of carboxylic acids is 1. The molecule has 16 heavy (non-hydrogen) atoms. The average molecular weight is 287 g/mol. The molecule has 0 bridgehead atoms. The molecule has 0 aromatic carbocycles. The minimum Gasteiger partial charge on any atom is -0.477 e. The van der Waals surface area contributed by atoms with Crippen molar-refractivity contribution in [1.82, 2.24) is 9.55 Å². The van der Waals surface area contributed by atoms with Crippen LogP contribution in [0.1, 0.15) is 34.8 Å². The molecule has 1 N–H and O–H groups in total. The number of carboxylic acid groups (broad SMARTS) is 1. The third-order valence-electron chi connectivity index (χ3n) is 1.94. The molecule has 1 aromatic heterocycles. The second kappa shape index (κ2) is 5.07. The van der Waals surface area contributed by atoms with Gasteiger partial charge in [-0.15, -0.1) is 0 Å². The van der Waals surface area contributed by atoms with Crippen LogP contribution in [-0.4, -0.2) is 26.9 Å². The van der Waals surface area contributed by atoms with Crippen LogP contribution in [0.2, 0.25) is 0 Å². The SMILES string of the molecule is CC(C)=CCn1c(Br)nc(C=O)c1C(=O)O. The Kier molecular flexibility index (Phi) is 4.00. The average Bonchev–Trinajstić information content (AvgIpc) is 2.51. The summed E-state index contributed by atoms with van der Waals surface area (Å²) in [4.78, 5) is 25.5. The van der Waals surface area contributed by atoms with Gasteiger partial charge in [-0.3, -0.25) is 4.79 Å². The second-order valence-corrected chi connectivity index (χ2v) is 4.14. The summed E-state index contributed by atoms with van der Waals surface area (Å²) < 4.78 is 1.77. The Labute approximate surface area is 101 Å². The predicted octanol–water partition coefficient (Wildman–Crippen LogP) is 2.12. The third-order valence-corrected chi connectivity index (χ3v) is 2.55. The quantitative estimate of drug-likeness (QED) is 0.680. The number of aromatic nitrogens is 2. The molecule has 0 aliphatic heterocycles. The van der Waals surface area contributed by atoms with E-state index in [0.717, 1.165) is 5.57 Å². The Balaban J connectivity index is 3.25. The number of rotatable bonds is 4. The van der Waals surface area contributed by atoms with Gasteiger partial charge in [-0.1, -0.05) is 11.6 Å². The standard InChI is InChI=1S/C10H11BrN2O3/c1-6(2)3-4-13-8(9(15)16)7(5-14)12-10(13)11/h3,5H,4H2,1-2H3,(H,15,16). The van der Waals surface area contributed by atoms with Gasteiger partial charge < -0.3 is 9.67 Å². The first-order valence-corrected chi connectivity index (χ1v) is 5.34. The molecule has 0 unspecified atom stereocenters. The van der Waals surface area contributed by atoms with Crippen LogP contribution in [0, 0.1) is 0 Å². The van der Waals surface area contributed by atoms with Gasteiger partial charge in [-0.05, 0) is 29.8 Å². The molecule has 0 aliphatic rings. The van der Waals surface area contributed by atoms with Crippen molar-refractivity contribution in [2.24, 2.45) is 0 Å². The van der Waals surface area contributed by atoms with E-state index in [1.54, 1.807) is 0 Å². The van der Waals surface area contributed by atoms with Crippen molar-refractivity contribution in [3.63, 3.8) is 0 Å². The molecule has 1 rings (SSSR count). The minimum absolute atomic E-state index is 0.0680. The Hall–Kier alpha value is -1.43. The zero-order chi connectivity index (χ0) is 12.3. The van der Waals surface area contributed by atoms with Crippen molar-refractivity contribution >= 4 is 28.2 Å². The molecular formula is C10H11BrN2O3. The molecule has 0 aliphatic carbocycles. The molecule has 86 valence electrons. The lowest BCUT2D eigenvalue weighted by molar-refractivity contribution is 0.0682. The summed E-state index contributed by atoms with van der Waals surface area (Å²) >= 11 is 3.13. The van der Waals surface area contributed by atoms with E-state index < -0.39 is 5.97 Å². The fraction of sp³-hybridized carbons (Fsp3) is 0.300. The van der Waals surface area contributed by atoms with Gasteiger partial charge in [0.25, 0.3) is 0 Å². The molecule has 0 saturated heterocycles. The van der Waals surface area contributed by atoms with Crippen LogP contribution < -0.4 is 0 Å². The first-order valence-electron chi connectivity index (χ1n) is 4.55. The normalized spacial score (nSPS) is 9.94. The number of halogens is 1. The van der Waals surface area contributed by atoms with Crippen LogP contribution in [0.3, 0.4) is 0 Å². The topological polar surface area (TPSA) is 72.2 Å². The van der Waals surface area contributed by atoms with Crippen molar-refractivity contribution in [2.45, 2.75) is 20.4 Å². The molecule has 1 heterocycles. The Morgan fingerprint density at radius 2 is 2.19 bits per heavy atom. The summed E-state index contributed by atoms with van der Waals surface area (Å²) in [6.07, 6.45) is 2.29. The number of carbonyl (C=O) groups is 2. The van der Waals surface area contributed by atoms with E-state index in [9.17, 15) is 9.59 Å². The van der Waals surface area contributed by atoms with Gasteiger partial charge in [-0.2, -0.15) is 0 Å². The second-order valence-electron chi connectivity index (χ2n) is 3.43. The molecule has 5 nitrogen and oxygen atoms in total. The molecule has 6 heteroatoms. The maximum atomic E-state index is 11.0. The van der Waals surface area contributed by atoms with Crippen molar-refractivity contribution in [2.75, 3.05) is 0 Å². The van der Waals surface area contributed by atoms with Crippen molar-refractivity contribution in [3.05, 3.63) is 27.8 Å². The van der Waals surface area contributed by atoms with Crippen LogP contribution in [0.4, 0.5) is 0 Å². The molecule has 0 radical (unpaired) electrons. The van der Waals surface area contributed by atoms with E-state index in [0.29, 0.717) is 17.6 Å². The number of aldehydes is 1. The first kappa shape index (κ1) is 12.6. The maximum Gasteiger partial charge on any atom is 0.354 e. The van der Waals surface area contributed by atoms with E-state index in [2.05, 4.69) is 20.9 Å². The third kappa shape index (κ3) is 2.57. The summed E-state index contributed by atoms with van der Waals surface area (Å²) in [6, 6.07) is 0. The first-order chi connectivity index (χ1) is 7.47. The molecule has 0 amide bonds. The summed E-state index contributed by atoms with van der Waals surface area (Å²) in [5.41, 5.74) is 0.894. The summed E-state index contributed by atoms with van der Waals surface area (Å²) in [6.45, 7) is 4.18. The van der Waals surface area contributed by atoms with Gasteiger partial charge in [0, 0.05) is 6.54 Å². The van der Waals surface area contributed by atoms with Crippen LogP contribution in [0.25, 0.3) is 0 Å². The lowest BCUT2D eigenvalue weighted by Gasteiger charge is -2.03. The highest BCUT2D eigenvalue weighted by Gasteiger charge is 2.20. The van der Waals surface area contributed by atoms with Gasteiger partial charge in [0.1, 0.15) is 5.69 Å². The minimum atomic E-state index is -1.16. The predicted molar refractivity (Wildman–Crippen MR) is 61.7 cm³/mol. The zero-order valence-electron chi connectivity index (χ0n) is 8.90.